The van der Waals surface area contributed by atoms with Crippen LogP contribution in [0.25, 0.3) is 5.69 Å². The molecule has 0 saturated heterocycles. The number of hydrogen-bond acceptors (Lipinski definition) is 2. The molecule has 17 heavy (non-hydrogen) atoms. The van der Waals surface area contributed by atoms with Crippen LogP contribution >= 0.6 is 35.4 Å². The predicted molar refractivity (Wildman–Crippen MR) is 70.7 cm³/mol. The highest BCUT2D eigenvalue weighted by atomic mass is 35.5. The van der Waals surface area contributed by atoms with Gasteiger partial charge in [-0.05, 0) is 43.3 Å². The number of rotatable bonds is 2. The van der Waals surface area contributed by atoms with Crippen molar-refractivity contribution in [1.82, 2.24) is 14.8 Å². The summed E-state index contributed by atoms with van der Waals surface area (Å²) in [6, 6.07) is 5.33. The standard InChI is InChI=1S/C11H9Cl2N3S/c12-7-3-4-8(13)9(5-7)16-10(6-1-2-6)14-15-11(16)17/h3-6H,1-2H2,(H,15,17). The number of aromatic amines is 1. The van der Waals surface area contributed by atoms with E-state index in [9.17, 15) is 0 Å². The fraction of sp³-hybridized carbons (Fsp3) is 0.273. The van der Waals surface area contributed by atoms with E-state index in [-0.39, 0.29) is 0 Å². The summed E-state index contributed by atoms with van der Waals surface area (Å²) in [7, 11) is 0. The first-order valence-electron chi connectivity index (χ1n) is 5.29. The Morgan fingerprint density at radius 1 is 1.35 bits per heavy atom. The monoisotopic (exact) mass is 285 g/mol. The normalized spacial score (nSPS) is 15.2. The Labute approximate surface area is 113 Å². The molecule has 0 bridgehead atoms. The zero-order chi connectivity index (χ0) is 12.0. The first kappa shape index (κ1) is 11.3. The molecule has 0 unspecified atom stereocenters. The van der Waals surface area contributed by atoms with Crippen molar-refractivity contribution in [3.63, 3.8) is 0 Å². The lowest BCUT2D eigenvalue weighted by molar-refractivity contribution is 0.869. The van der Waals surface area contributed by atoms with Crippen LogP contribution in [0.3, 0.4) is 0 Å². The van der Waals surface area contributed by atoms with E-state index in [0.29, 0.717) is 20.7 Å². The smallest absolute Gasteiger partial charge is 0.199 e. The van der Waals surface area contributed by atoms with Crippen LogP contribution in [0.4, 0.5) is 0 Å². The van der Waals surface area contributed by atoms with Gasteiger partial charge in [0.05, 0.1) is 10.7 Å². The second-order valence-corrected chi connectivity index (χ2v) is 5.32. The molecule has 1 aliphatic rings. The van der Waals surface area contributed by atoms with Gasteiger partial charge in [-0.25, -0.2) is 0 Å². The Hall–Kier alpha value is -0.840. The fourth-order valence-electron chi connectivity index (χ4n) is 1.81. The lowest BCUT2D eigenvalue weighted by Crippen LogP contribution is -2.01. The fourth-order valence-corrected chi connectivity index (χ4v) is 2.42. The number of aromatic nitrogens is 3. The lowest BCUT2D eigenvalue weighted by Gasteiger charge is -2.08. The molecule has 0 radical (unpaired) electrons. The van der Waals surface area contributed by atoms with Crippen molar-refractivity contribution in [3.05, 3.63) is 38.8 Å². The van der Waals surface area contributed by atoms with Gasteiger partial charge in [-0.2, -0.15) is 5.10 Å². The van der Waals surface area contributed by atoms with Crippen molar-refractivity contribution in [1.29, 1.82) is 0 Å². The summed E-state index contributed by atoms with van der Waals surface area (Å²) >= 11 is 17.4. The molecule has 0 spiro atoms. The third kappa shape index (κ3) is 2.01. The first-order valence-corrected chi connectivity index (χ1v) is 6.46. The van der Waals surface area contributed by atoms with Crippen LogP contribution in [0.15, 0.2) is 18.2 Å². The van der Waals surface area contributed by atoms with E-state index < -0.39 is 0 Å². The van der Waals surface area contributed by atoms with Crippen LogP contribution in [-0.2, 0) is 0 Å². The van der Waals surface area contributed by atoms with Crippen LogP contribution in [0.1, 0.15) is 24.6 Å². The zero-order valence-electron chi connectivity index (χ0n) is 8.78. The van der Waals surface area contributed by atoms with Crippen LogP contribution in [0.5, 0.6) is 0 Å². The van der Waals surface area contributed by atoms with Gasteiger partial charge in [0.1, 0.15) is 5.82 Å². The quantitative estimate of drug-likeness (QED) is 0.843. The third-order valence-corrected chi connectivity index (χ3v) is 3.62. The summed E-state index contributed by atoms with van der Waals surface area (Å²) in [5.74, 6) is 1.43. The molecule has 88 valence electrons. The van der Waals surface area contributed by atoms with Gasteiger partial charge in [-0.3, -0.25) is 9.67 Å². The van der Waals surface area contributed by atoms with Crippen LogP contribution in [0.2, 0.25) is 10.0 Å². The highest BCUT2D eigenvalue weighted by Crippen LogP contribution is 2.40. The predicted octanol–water partition coefficient (Wildman–Crippen LogP) is 4.11. The molecule has 1 heterocycles. The van der Waals surface area contributed by atoms with E-state index >= 15 is 0 Å². The summed E-state index contributed by atoms with van der Waals surface area (Å²) in [6.45, 7) is 0. The number of nitrogens with zero attached hydrogens (tertiary/aromatic N) is 2. The van der Waals surface area contributed by atoms with E-state index in [1.807, 2.05) is 4.57 Å². The maximum Gasteiger partial charge on any atom is 0.199 e. The van der Waals surface area contributed by atoms with Crippen molar-refractivity contribution in [3.8, 4) is 5.69 Å². The van der Waals surface area contributed by atoms with Crippen LogP contribution in [0, 0.1) is 4.77 Å². The molecule has 0 atom stereocenters. The van der Waals surface area contributed by atoms with E-state index in [1.165, 1.54) is 0 Å². The van der Waals surface area contributed by atoms with Gasteiger partial charge in [0.25, 0.3) is 0 Å². The minimum absolute atomic E-state index is 0.484. The second-order valence-electron chi connectivity index (χ2n) is 4.09. The summed E-state index contributed by atoms with van der Waals surface area (Å²) in [6.07, 6.45) is 2.30. The maximum atomic E-state index is 6.19. The van der Waals surface area contributed by atoms with Crippen LogP contribution < -0.4 is 0 Å². The Morgan fingerprint density at radius 3 is 2.82 bits per heavy atom. The molecule has 0 amide bonds. The highest BCUT2D eigenvalue weighted by Gasteiger charge is 2.29. The van der Waals surface area contributed by atoms with Gasteiger partial charge < -0.3 is 0 Å². The molecule has 1 N–H and O–H groups in total. The molecule has 1 aromatic heterocycles. The van der Waals surface area contributed by atoms with Gasteiger partial charge in [0, 0.05) is 10.9 Å². The number of hydrogen-bond donors (Lipinski definition) is 1. The summed E-state index contributed by atoms with van der Waals surface area (Å²) in [5.41, 5.74) is 0.791. The number of benzene rings is 1. The van der Waals surface area contributed by atoms with Gasteiger partial charge >= 0.3 is 0 Å². The highest BCUT2D eigenvalue weighted by molar-refractivity contribution is 7.71. The molecule has 3 rings (SSSR count). The minimum Gasteiger partial charge on any atom is -0.270 e. The van der Waals surface area contributed by atoms with Gasteiger partial charge in [0.2, 0.25) is 0 Å². The summed E-state index contributed by atoms with van der Waals surface area (Å²) in [5, 5.41) is 8.34. The first-order chi connectivity index (χ1) is 8.16. The summed E-state index contributed by atoms with van der Waals surface area (Å²) < 4.78 is 2.43. The van der Waals surface area contributed by atoms with E-state index in [2.05, 4.69) is 10.2 Å². The average Bonchev–Trinajstić information content (AvgIpc) is 3.07. The molecule has 1 fully saturated rings. The van der Waals surface area contributed by atoms with Crippen molar-refractivity contribution in [2.24, 2.45) is 0 Å². The average molecular weight is 286 g/mol. The molecule has 2 aromatic rings. The Kier molecular flexibility index (Phi) is 2.73. The number of nitrogens with one attached hydrogen (secondary N) is 1. The van der Waals surface area contributed by atoms with E-state index in [1.54, 1.807) is 18.2 Å². The molecule has 1 aromatic carbocycles. The Balaban J connectivity index is 2.23. The van der Waals surface area contributed by atoms with E-state index in [4.69, 9.17) is 35.4 Å². The molecular weight excluding hydrogens is 277 g/mol. The molecule has 1 saturated carbocycles. The Bertz CT molecular complexity index is 628. The van der Waals surface area contributed by atoms with Gasteiger partial charge in [0.15, 0.2) is 4.77 Å². The van der Waals surface area contributed by atoms with Crippen molar-refractivity contribution in [2.75, 3.05) is 0 Å². The number of H-pyrrole nitrogens is 1. The van der Waals surface area contributed by atoms with Crippen molar-refractivity contribution in [2.45, 2.75) is 18.8 Å². The summed E-state index contributed by atoms with van der Waals surface area (Å²) in [4.78, 5) is 0. The topological polar surface area (TPSA) is 33.6 Å². The van der Waals surface area contributed by atoms with E-state index in [0.717, 1.165) is 24.4 Å². The van der Waals surface area contributed by atoms with Gasteiger partial charge in [-0.1, -0.05) is 23.2 Å². The lowest BCUT2D eigenvalue weighted by atomic mass is 10.3. The zero-order valence-corrected chi connectivity index (χ0v) is 11.1. The van der Waals surface area contributed by atoms with Crippen molar-refractivity contribution < 1.29 is 0 Å². The number of halogens is 2. The molecule has 1 aliphatic carbocycles. The second kappa shape index (κ2) is 4.12. The largest absolute Gasteiger partial charge is 0.270 e. The van der Waals surface area contributed by atoms with Crippen LogP contribution in [-0.4, -0.2) is 14.8 Å². The van der Waals surface area contributed by atoms with Crippen molar-refractivity contribution >= 4 is 35.4 Å². The maximum absolute atomic E-state index is 6.19. The molecular formula is C11H9Cl2N3S. The molecule has 6 heteroatoms. The molecule has 0 aliphatic heterocycles. The van der Waals surface area contributed by atoms with Gasteiger partial charge in [-0.15, -0.1) is 0 Å². The molecule has 3 nitrogen and oxygen atoms in total. The third-order valence-electron chi connectivity index (χ3n) is 2.79. The SMILES string of the molecule is S=c1[nH]nc(C2CC2)n1-c1cc(Cl)ccc1Cl. The minimum atomic E-state index is 0.484. The Morgan fingerprint density at radius 2 is 2.12 bits per heavy atom.